The summed E-state index contributed by atoms with van der Waals surface area (Å²) in [6.45, 7) is 1.03. The average molecular weight is 262 g/mol. The molecular formula is C15H16F2N2. The Hall–Kier alpha value is -1.71. The Morgan fingerprint density at radius 2 is 1.84 bits per heavy atom. The van der Waals surface area contributed by atoms with Crippen molar-refractivity contribution in [3.8, 4) is 0 Å². The van der Waals surface area contributed by atoms with Gasteiger partial charge in [-0.05, 0) is 24.6 Å². The summed E-state index contributed by atoms with van der Waals surface area (Å²) >= 11 is 0. The lowest BCUT2D eigenvalue weighted by molar-refractivity contribution is -0.0102. The van der Waals surface area contributed by atoms with Crippen LogP contribution >= 0.6 is 0 Å². The van der Waals surface area contributed by atoms with E-state index in [0.717, 1.165) is 16.7 Å². The molecule has 3 rings (SSSR count). The Balaban J connectivity index is 1.87. The van der Waals surface area contributed by atoms with Crippen molar-refractivity contribution in [1.29, 1.82) is 0 Å². The summed E-state index contributed by atoms with van der Waals surface area (Å²) in [6, 6.07) is 11.8. The van der Waals surface area contributed by atoms with Crippen molar-refractivity contribution in [2.24, 2.45) is 0 Å². The fraction of sp³-hybridized carbons (Fsp3) is 0.400. The van der Waals surface area contributed by atoms with E-state index in [1.165, 1.54) is 0 Å². The number of rotatable bonds is 1. The highest BCUT2D eigenvalue weighted by Gasteiger charge is 2.31. The maximum Gasteiger partial charge on any atom is 0.249 e. The van der Waals surface area contributed by atoms with Gasteiger partial charge in [0.1, 0.15) is 5.82 Å². The third-order valence-electron chi connectivity index (χ3n) is 3.63. The molecule has 0 N–H and O–H groups in total. The van der Waals surface area contributed by atoms with Gasteiger partial charge in [0, 0.05) is 31.3 Å². The van der Waals surface area contributed by atoms with Crippen molar-refractivity contribution in [2.45, 2.75) is 25.2 Å². The van der Waals surface area contributed by atoms with Gasteiger partial charge in [0.05, 0.1) is 5.52 Å². The molecule has 0 radical (unpaired) electrons. The Kier molecular flexibility index (Phi) is 3.09. The van der Waals surface area contributed by atoms with Crippen molar-refractivity contribution in [2.75, 3.05) is 18.0 Å². The molecule has 2 nitrogen and oxygen atoms in total. The highest BCUT2D eigenvalue weighted by molar-refractivity contribution is 5.80. The SMILES string of the molecule is FC1(F)CCCN(c2ccc3ccccc3n2)CC1. The first kappa shape index (κ1) is 12.3. The van der Waals surface area contributed by atoms with Crippen LogP contribution in [0, 0.1) is 0 Å². The Morgan fingerprint density at radius 3 is 2.74 bits per heavy atom. The molecule has 100 valence electrons. The molecule has 0 spiro atoms. The zero-order valence-corrected chi connectivity index (χ0v) is 10.6. The minimum Gasteiger partial charge on any atom is -0.356 e. The standard InChI is InChI=1S/C15H16F2N2/c16-15(17)8-3-10-19(11-9-15)14-7-6-12-4-1-2-5-13(12)18-14/h1-2,4-7H,3,8-11H2. The first-order valence-corrected chi connectivity index (χ1v) is 6.63. The van der Waals surface area contributed by atoms with E-state index in [1.807, 2.05) is 41.3 Å². The Bertz CT molecular complexity index is 583. The van der Waals surface area contributed by atoms with Gasteiger partial charge >= 0.3 is 0 Å². The minimum atomic E-state index is -2.52. The zero-order valence-electron chi connectivity index (χ0n) is 10.6. The number of anilines is 1. The second kappa shape index (κ2) is 4.76. The molecular weight excluding hydrogens is 246 g/mol. The summed E-state index contributed by atoms with van der Waals surface area (Å²) in [5.41, 5.74) is 0.913. The minimum absolute atomic E-state index is 0.0168. The van der Waals surface area contributed by atoms with Gasteiger partial charge in [-0.1, -0.05) is 18.2 Å². The van der Waals surface area contributed by atoms with E-state index in [4.69, 9.17) is 0 Å². The second-order valence-electron chi connectivity index (χ2n) is 5.06. The van der Waals surface area contributed by atoms with E-state index in [2.05, 4.69) is 4.98 Å². The second-order valence-corrected chi connectivity index (χ2v) is 5.06. The van der Waals surface area contributed by atoms with Crippen molar-refractivity contribution in [3.05, 3.63) is 36.4 Å². The fourth-order valence-electron chi connectivity index (χ4n) is 2.52. The largest absolute Gasteiger partial charge is 0.356 e. The molecule has 0 bridgehead atoms. The molecule has 0 aliphatic carbocycles. The quantitative estimate of drug-likeness (QED) is 0.775. The molecule has 2 aromatic rings. The van der Waals surface area contributed by atoms with Crippen molar-refractivity contribution in [1.82, 2.24) is 4.98 Å². The monoisotopic (exact) mass is 262 g/mol. The lowest BCUT2D eigenvalue weighted by Gasteiger charge is -2.21. The highest BCUT2D eigenvalue weighted by Crippen LogP contribution is 2.29. The van der Waals surface area contributed by atoms with Gasteiger partial charge in [-0.3, -0.25) is 0 Å². The molecule has 2 heterocycles. The summed E-state index contributed by atoms with van der Waals surface area (Å²) in [7, 11) is 0. The van der Waals surface area contributed by atoms with Crippen molar-refractivity contribution >= 4 is 16.7 Å². The number of pyridine rings is 1. The van der Waals surface area contributed by atoms with Crippen LogP contribution in [0.15, 0.2) is 36.4 Å². The average Bonchev–Trinajstić information content (AvgIpc) is 2.59. The van der Waals surface area contributed by atoms with Gasteiger partial charge in [-0.15, -0.1) is 0 Å². The predicted octanol–water partition coefficient (Wildman–Crippen LogP) is 3.86. The Morgan fingerprint density at radius 1 is 1.00 bits per heavy atom. The molecule has 0 amide bonds. The van der Waals surface area contributed by atoms with Crippen LogP contribution < -0.4 is 4.90 Å². The van der Waals surface area contributed by atoms with Crippen LogP contribution in [-0.2, 0) is 0 Å². The van der Waals surface area contributed by atoms with Gasteiger partial charge in [0.25, 0.3) is 0 Å². The molecule has 0 saturated carbocycles. The van der Waals surface area contributed by atoms with Crippen LogP contribution in [0.5, 0.6) is 0 Å². The van der Waals surface area contributed by atoms with Crippen LogP contribution in [0.25, 0.3) is 10.9 Å². The zero-order chi connectivity index (χ0) is 13.3. The predicted molar refractivity (Wildman–Crippen MR) is 72.8 cm³/mol. The van der Waals surface area contributed by atoms with E-state index in [1.54, 1.807) is 0 Å². The van der Waals surface area contributed by atoms with Crippen LogP contribution in [0.4, 0.5) is 14.6 Å². The molecule has 0 atom stereocenters. The first-order chi connectivity index (χ1) is 9.14. The van der Waals surface area contributed by atoms with Gasteiger partial charge < -0.3 is 4.90 Å². The molecule has 1 fully saturated rings. The fourth-order valence-corrected chi connectivity index (χ4v) is 2.52. The number of hydrogen-bond acceptors (Lipinski definition) is 2. The van der Waals surface area contributed by atoms with Gasteiger partial charge in [0.15, 0.2) is 0 Å². The van der Waals surface area contributed by atoms with E-state index in [9.17, 15) is 8.78 Å². The third kappa shape index (κ3) is 2.67. The van der Waals surface area contributed by atoms with E-state index < -0.39 is 5.92 Å². The summed E-state index contributed by atoms with van der Waals surface area (Å²) < 4.78 is 26.7. The number of alkyl halides is 2. The topological polar surface area (TPSA) is 16.1 Å². The molecule has 1 saturated heterocycles. The molecule has 1 aromatic heterocycles. The molecule has 0 unspecified atom stereocenters. The third-order valence-corrected chi connectivity index (χ3v) is 3.63. The van der Waals surface area contributed by atoms with Crippen LogP contribution in [0.3, 0.4) is 0 Å². The molecule has 1 aliphatic heterocycles. The lowest BCUT2D eigenvalue weighted by atomic mass is 10.1. The molecule has 19 heavy (non-hydrogen) atoms. The van der Waals surface area contributed by atoms with E-state index >= 15 is 0 Å². The first-order valence-electron chi connectivity index (χ1n) is 6.63. The van der Waals surface area contributed by atoms with Gasteiger partial charge in [-0.25, -0.2) is 13.8 Å². The lowest BCUT2D eigenvalue weighted by Crippen LogP contribution is -2.26. The number of para-hydroxylation sites is 1. The maximum absolute atomic E-state index is 13.4. The van der Waals surface area contributed by atoms with Crippen LogP contribution in [0.1, 0.15) is 19.3 Å². The summed E-state index contributed by atoms with van der Waals surface area (Å²) in [6.07, 6.45) is 0.417. The number of nitrogens with zero attached hydrogens (tertiary/aromatic N) is 2. The molecule has 4 heteroatoms. The van der Waals surface area contributed by atoms with Gasteiger partial charge in [-0.2, -0.15) is 0 Å². The highest BCUT2D eigenvalue weighted by atomic mass is 19.3. The number of halogens is 2. The Labute approximate surface area is 111 Å². The van der Waals surface area contributed by atoms with Crippen LogP contribution in [0.2, 0.25) is 0 Å². The molecule has 1 aliphatic rings. The van der Waals surface area contributed by atoms with Gasteiger partial charge in [0.2, 0.25) is 5.92 Å². The summed E-state index contributed by atoms with van der Waals surface area (Å²) in [5, 5.41) is 1.08. The molecule has 1 aromatic carbocycles. The summed E-state index contributed by atoms with van der Waals surface area (Å²) in [4.78, 5) is 6.53. The number of fused-ring (bicyclic) bond motifs is 1. The van der Waals surface area contributed by atoms with E-state index in [-0.39, 0.29) is 12.8 Å². The smallest absolute Gasteiger partial charge is 0.249 e. The van der Waals surface area contributed by atoms with Crippen molar-refractivity contribution < 1.29 is 8.78 Å². The van der Waals surface area contributed by atoms with E-state index in [0.29, 0.717) is 19.5 Å². The van der Waals surface area contributed by atoms with Crippen LogP contribution in [-0.4, -0.2) is 24.0 Å². The number of benzene rings is 1. The summed E-state index contributed by atoms with van der Waals surface area (Å²) in [5.74, 6) is -1.72. The maximum atomic E-state index is 13.4. The number of aromatic nitrogens is 1. The van der Waals surface area contributed by atoms with Crippen molar-refractivity contribution in [3.63, 3.8) is 0 Å². The number of hydrogen-bond donors (Lipinski definition) is 0. The normalized spacial score (nSPS) is 19.4.